The minimum Gasteiger partial charge on any atom is -0.447 e. The van der Waals surface area contributed by atoms with E-state index >= 15 is 0 Å². The van der Waals surface area contributed by atoms with Crippen molar-refractivity contribution in [1.82, 2.24) is 4.98 Å². The Morgan fingerprint density at radius 3 is 2.73 bits per heavy atom. The second kappa shape index (κ2) is 11.1. The third kappa shape index (κ3) is 5.89. The number of oxazole rings is 1. The smallest absolute Gasteiger partial charge is 0.205 e. The minimum atomic E-state index is 0.124. The Balaban J connectivity index is 0.000000165. The van der Waals surface area contributed by atoms with Crippen LogP contribution in [0.1, 0.15) is 42.0 Å². The van der Waals surface area contributed by atoms with Gasteiger partial charge in [0.1, 0.15) is 12.0 Å². The zero-order chi connectivity index (χ0) is 22.9. The van der Waals surface area contributed by atoms with Gasteiger partial charge < -0.3 is 9.73 Å². The summed E-state index contributed by atoms with van der Waals surface area (Å²) in [6.45, 7) is 6.71. The summed E-state index contributed by atoms with van der Waals surface area (Å²) >= 11 is 0. The van der Waals surface area contributed by atoms with Crippen LogP contribution in [-0.2, 0) is 6.42 Å². The van der Waals surface area contributed by atoms with E-state index in [2.05, 4.69) is 78.5 Å². The van der Waals surface area contributed by atoms with E-state index in [9.17, 15) is 0 Å². The lowest BCUT2D eigenvalue weighted by Crippen LogP contribution is -1.91. The second-order valence-electron chi connectivity index (χ2n) is 8.02. The third-order valence-electron chi connectivity index (χ3n) is 5.73. The van der Waals surface area contributed by atoms with Crippen LogP contribution in [0, 0.1) is 0 Å². The first-order valence-corrected chi connectivity index (χ1v) is 11.4. The topological polar surface area (TPSA) is 38.1 Å². The van der Waals surface area contributed by atoms with Crippen LogP contribution in [0.15, 0.2) is 114 Å². The van der Waals surface area contributed by atoms with Gasteiger partial charge in [0.2, 0.25) is 5.89 Å². The number of hydrogen-bond donors (Lipinski definition) is 1. The number of rotatable bonds is 4. The lowest BCUT2D eigenvalue weighted by Gasteiger charge is -2.06. The van der Waals surface area contributed by atoms with Crippen molar-refractivity contribution in [2.45, 2.75) is 25.7 Å². The molecule has 2 heterocycles. The van der Waals surface area contributed by atoms with Gasteiger partial charge in [-0.05, 0) is 54.7 Å². The van der Waals surface area contributed by atoms with Gasteiger partial charge in [-0.25, -0.2) is 4.98 Å². The van der Waals surface area contributed by atoms with E-state index < -0.39 is 0 Å². The predicted octanol–water partition coefficient (Wildman–Crippen LogP) is 7.58. The highest BCUT2D eigenvalue weighted by Gasteiger charge is 2.15. The Morgan fingerprint density at radius 2 is 1.97 bits per heavy atom. The van der Waals surface area contributed by atoms with Gasteiger partial charge in [0.05, 0.1) is 5.92 Å². The highest BCUT2D eigenvalue weighted by molar-refractivity contribution is 5.84. The monoisotopic (exact) mass is 434 g/mol. The van der Waals surface area contributed by atoms with Crippen LogP contribution in [0.3, 0.4) is 0 Å². The zero-order valence-corrected chi connectivity index (χ0v) is 19.1. The third-order valence-corrected chi connectivity index (χ3v) is 5.73. The molecule has 0 fully saturated rings. The maximum Gasteiger partial charge on any atom is 0.205 e. The molecule has 3 nitrogen and oxygen atoms in total. The molecule has 0 amide bonds. The number of aromatic nitrogens is 1. The lowest BCUT2D eigenvalue weighted by atomic mass is 9.99. The van der Waals surface area contributed by atoms with Crippen molar-refractivity contribution in [2.75, 3.05) is 11.9 Å². The molecule has 3 heteroatoms. The Bertz CT molecular complexity index is 1180. The van der Waals surface area contributed by atoms with Crippen LogP contribution < -0.4 is 5.32 Å². The highest BCUT2D eigenvalue weighted by atomic mass is 16.3. The number of allylic oxidation sites excluding steroid dienone is 13. The number of hydrogen-bond acceptors (Lipinski definition) is 3. The van der Waals surface area contributed by atoms with E-state index in [0.29, 0.717) is 5.89 Å². The van der Waals surface area contributed by atoms with Crippen molar-refractivity contribution in [3.05, 3.63) is 132 Å². The van der Waals surface area contributed by atoms with Crippen LogP contribution in [0.2, 0.25) is 0 Å². The van der Waals surface area contributed by atoms with Gasteiger partial charge in [-0.15, -0.1) is 0 Å². The predicted molar refractivity (Wildman–Crippen MR) is 140 cm³/mol. The average molecular weight is 435 g/mol. The lowest BCUT2D eigenvalue weighted by molar-refractivity contribution is 0.495. The van der Waals surface area contributed by atoms with Gasteiger partial charge in [0.15, 0.2) is 0 Å². The summed E-state index contributed by atoms with van der Waals surface area (Å²) < 4.78 is 5.34. The quantitative estimate of drug-likeness (QED) is 0.539. The fourth-order valence-electron chi connectivity index (χ4n) is 3.93. The largest absolute Gasteiger partial charge is 0.447 e. The van der Waals surface area contributed by atoms with E-state index in [0.717, 1.165) is 25.1 Å². The van der Waals surface area contributed by atoms with Crippen molar-refractivity contribution in [3.8, 4) is 0 Å². The van der Waals surface area contributed by atoms with E-state index in [1.807, 2.05) is 36.5 Å². The Morgan fingerprint density at radius 1 is 1.12 bits per heavy atom. The Labute approximate surface area is 196 Å². The van der Waals surface area contributed by atoms with E-state index in [-0.39, 0.29) is 5.92 Å². The summed E-state index contributed by atoms with van der Waals surface area (Å²) in [6.07, 6.45) is 30.5. The van der Waals surface area contributed by atoms with Crippen molar-refractivity contribution in [2.24, 2.45) is 0 Å². The van der Waals surface area contributed by atoms with E-state index in [1.54, 1.807) is 12.3 Å². The molecule has 1 aliphatic heterocycles. The fraction of sp³-hybridized carbons (Fsp3) is 0.167. The number of nitrogens with one attached hydrogen (secondary N) is 1. The van der Waals surface area contributed by atoms with Crippen molar-refractivity contribution in [1.29, 1.82) is 0 Å². The molecule has 0 bridgehead atoms. The molecule has 2 aromatic rings. The Kier molecular flexibility index (Phi) is 7.55. The first kappa shape index (κ1) is 22.3. The molecule has 1 aromatic carbocycles. The number of benzene rings is 1. The molecule has 0 atom stereocenters. The number of fused-ring (bicyclic) bond motifs is 1. The van der Waals surface area contributed by atoms with Gasteiger partial charge in [0.25, 0.3) is 0 Å². The summed E-state index contributed by atoms with van der Waals surface area (Å²) in [5.41, 5.74) is 7.61. The van der Waals surface area contributed by atoms with Gasteiger partial charge in [-0.2, -0.15) is 0 Å². The average Bonchev–Trinajstić information content (AvgIpc) is 3.28. The molecule has 1 N–H and O–H groups in total. The van der Waals surface area contributed by atoms with Crippen LogP contribution in [0.4, 0.5) is 5.69 Å². The normalized spacial score (nSPS) is 17.6. The zero-order valence-electron chi connectivity index (χ0n) is 19.1. The summed E-state index contributed by atoms with van der Waals surface area (Å²) in [5, 5.41) is 3.44. The van der Waals surface area contributed by atoms with Gasteiger partial charge in [0, 0.05) is 17.8 Å². The van der Waals surface area contributed by atoms with E-state index in [1.165, 1.54) is 28.0 Å². The molecule has 0 radical (unpaired) electrons. The maximum atomic E-state index is 5.34. The van der Waals surface area contributed by atoms with Crippen molar-refractivity contribution in [3.63, 3.8) is 0 Å². The standard InChI is InChI=1S/C18H19N.C12H11NO/c1-2-16-13-19-18-10-9-15(12-17(16)18)11-14-7-5-3-4-6-8-14;1-2-11-9-14-12(13-11)10-7-5-3-4-6-8-10/h2-5,7-10,12,19H,6,11,13H2,1H3;2-10H,1H2/b16-2+;. The summed E-state index contributed by atoms with van der Waals surface area (Å²) in [7, 11) is 0. The van der Waals surface area contributed by atoms with Gasteiger partial charge >= 0.3 is 0 Å². The van der Waals surface area contributed by atoms with Crippen LogP contribution in [0.5, 0.6) is 0 Å². The van der Waals surface area contributed by atoms with Gasteiger partial charge in [-0.3, -0.25) is 0 Å². The molecule has 166 valence electrons. The highest BCUT2D eigenvalue weighted by Crippen LogP contribution is 2.32. The van der Waals surface area contributed by atoms with Crippen LogP contribution in [-0.4, -0.2) is 11.5 Å². The Hall–Kier alpha value is -3.85. The molecule has 0 unspecified atom stereocenters. The molecule has 33 heavy (non-hydrogen) atoms. The number of nitrogens with zero attached hydrogens (tertiary/aromatic N) is 1. The molecule has 5 rings (SSSR count). The molecular weight excluding hydrogens is 404 g/mol. The maximum absolute atomic E-state index is 5.34. The van der Waals surface area contributed by atoms with Gasteiger partial charge in [-0.1, -0.05) is 85.6 Å². The van der Waals surface area contributed by atoms with E-state index in [4.69, 9.17) is 4.42 Å². The number of anilines is 1. The van der Waals surface area contributed by atoms with Crippen molar-refractivity contribution >= 4 is 17.3 Å². The molecule has 0 saturated carbocycles. The molecule has 0 spiro atoms. The molecule has 0 saturated heterocycles. The SMILES string of the molecule is C/C=C1\CNc2ccc(CC3=CCC=CC=C3)cc21.C=Cc1coc(C2C=CC=CC=C2)n1. The summed E-state index contributed by atoms with van der Waals surface area (Å²) in [5.74, 6) is 0.829. The summed E-state index contributed by atoms with van der Waals surface area (Å²) in [4.78, 5) is 4.28. The van der Waals surface area contributed by atoms with Crippen LogP contribution >= 0.6 is 0 Å². The summed E-state index contributed by atoms with van der Waals surface area (Å²) in [6, 6.07) is 6.77. The first-order chi connectivity index (χ1) is 16.3. The second-order valence-corrected chi connectivity index (χ2v) is 8.02. The molecule has 2 aliphatic carbocycles. The fourth-order valence-corrected chi connectivity index (χ4v) is 3.93. The minimum absolute atomic E-state index is 0.124. The van der Waals surface area contributed by atoms with Crippen molar-refractivity contribution < 1.29 is 4.42 Å². The molecule has 1 aromatic heterocycles. The molecule has 3 aliphatic rings. The first-order valence-electron chi connectivity index (χ1n) is 11.4. The van der Waals surface area contributed by atoms with Crippen LogP contribution in [0.25, 0.3) is 11.6 Å². The molecular formula is C30H30N2O.